The smallest absolute Gasteiger partial charge is 0.416 e. The van der Waals surface area contributed by atoms with Crippen LogP contribution in [0.2, 0.25) is 10.0 Å². The van der Waals surface area contributed by atoms with Gasteiger partial charge in [0.2, 0.25) is 0 Å². The van der Waals surface area contributed by atoms with Gasteiger partial charge in [-0.2, -0.15) is 13.2 Å². The van der Waals surface area contributed by atoms with E-state index in [-0.39, 0.29) is 10.8 Å². The van der Waals surface area contributed by atoms with Gasteiger partial charge in [0.1, 0.15) is 5.76 Å². The first kappa shape index (κ1) is 18.7. The number of aryl methyl sites for hydroxylation is 1. The molecule has 0 saturated carbocycles. The number of alkyl halides is 3. The summed E-state index contributed by atoms with van der Waals surface area (Å²) in [6.07, 6.45) is -4.10. The van der Waals surface area contributed by atoms with Crippen molar-refractivity contribution in [2.75, 3.05) is 0 Å². The Bertz CT molecular complexity index is 1020. The summed E-state index contributed by atoms with van der Waals surface area (Å²) in [7, 11) is 1.69. The van der Waals surface area contributed by atoms with Crippen molar-refractivity contribution >= 4 is 39.9 Å². The van der Waals surface area contributed by atoms with Gasteiger partial charge in [0.25, 0.3) is 0 Å². The molecule has 3 rings (SSSR count). The van der Waals surface area contributed by atoms with Crippen LogP contribution < -0.4 is 0 Å². The molecule has 0 amide bonds. The van der Waals surface area contributed by atoms with Crippen LogP contribution in [0.5, 0.6) is 0 Å². The predicted molar refractivity (Wildman–Crippen MR) is 98.9 cm³/mol. The number of nitrogens with zero attached hydrogens (tertiary/aromatic N) is 1. The van der Waals surface area contributed by atoms with Crippen molar-refractivity contribution in [1.29, 1.82) is 0 Å². The van der Waals surface area contributed by atoms with Crippen LogP contribution >= 0.6 is 23.2 Å². The van der Waals surface area contributed by atoms with Crippen molar-refractivity contribution in [3.05, 3.63) is 75.4 Å². The number of aliphatic hydroxyl groups excluding tert-OH is 1. The van der Waals surface area contributed by atoms with E-state index >= 15 is 0 Å². The average Bonchev–Trinajstić information content (AvgIpc) is 2.86. The van der Waals surface area contributed by atoms with E-state index in [4.69, 9.17) is 23.2 Å². The molecule has 2 aromatic carbocycles. The lowest BCUT2D eigenvalue weighted by molar-refractivity contribution is -0.137. The maximum atomic E-state index is 13.0. The van der Waals surface area contributed by atoms with Crippen LogP contribution in [0.1, 0.15) is 22.4 Å². The van der Waals surface area contributed by atoms with Crippen molar-refractivity contribution in [2.24, 2.45) is 7.05 Å². The van der Waals surface area contributed by atoms with E-state index in [0.29, 0.717) is 33.5 Å². The number of fused-ring (bicyclic) bond motifs is 1. The lowest BCUT2D eigenvalue weighted by atomic mass is 10.0. The standard InChI is InChI=1S/C19H14Cl2F3NO/c1-10(26)14-5-6-16(20)15(18(14)21)9-13-7-11-3-4-12(19(22,23)24)8-17(11)25(13)2/h3-8,26H,1,9H2,2H3. The third-order valence-corrected chi connectivity index (χ3v) is 5.11. The Hall–Kier alpha value is -2.11. The molecule has 0 bridgehead atoms. The minimum Gasteiger partial charge on any atom is -0.508 e. The molecule has 0 aliphatic heterocycles. The van der Waals surface area contributed by atoms with Crippen LogP contribution in [0.4, 0.5) is 13.2 Å². The lowest BCUT2D eigenvalue weighted by Gasteiger charge is -2.12. The van der Waals surface area contributed by atoms with E-state index in [1.165, 1.54) is 6.07 Å². The molecule has 0 aliphatic rings. The molecular formula is C19H14Cl2F3NO. The quantitative estimate of drug-likeness (QED) is 0.491. The van der Waals surface area contributed by atoms with Gasteiger partial charge in [0.05, 0.1) is 10.6 Å². The Morgan fingerprint density at radius 1 is 1.15 bits per heavy atom. The molecule has 1 heterocycles. The summed E-state index contributed by atoms with van der Waals surface area (Å²) in [5, 5.41) is 11.0. The Kier molecular flexibility index (Phi) is 4.71. The molecular weight excluding hydrogens is 386 g/mol. The fourth-order valence-corrected chi connectivity index (χ4v) is 3.51. The lowest BCUT2D eigenvalue weighted by Crippen LogP contribution is -2.05. The summed E-state index contributed by atoms with van der Waals surface area (Å²) in [5.74, 6) is -0.181. The first-order chi connectivity index (χ1) is 12.1. The van der Waals surface area contributed by atoms with Crippen LogP contribution in [-0.4, -0.2) is 9.67 Å². The fourth-order valence-electron chi connectivity index (χ4n) is 2.90. The average molecular weight is 400 g/mol. The van der Waals surface area contributed by atoms with Crippen molar-refractivity contribution in [2.45, 2.75) is 12.6 Å². The second kappa shape index (κ2) is 6.56. The number of aliphatic hydroxyl groups is 1. The number of hydrogen-bond acceptors (Lipinski definition) is 1. The Morgan fingerprint density at radius 3 is 2.46 bits per heavy atom. The van der Waals surface area contributed by atoms with Gasteiger partial charge in [0.15, 0.2) is 0 Å². The van der Waals surface area contributed by atoms with Gasteiger partial charge in [0, 0.05) is 35.3 Å². The topological polar surface area (TPSA) is 25.2 Å². The zero-order chi connectivity index (χ0) is 19.2. The summed E-state index contributed by atoms with van der Waals surface area (Å²) in [4.78, 5) is 0. The number of rotatable bonds is 3. The summed E-state index contributed by atoms with van der Waals surface area (Å²) >= 11 is 12.6. The fraction of sp³-hybridized carbons (Fsp3) is 0.158. The zero-order valence-corrected chi connectivity index (χ0v) is 15.2. The van der Waals surface area contributed by atoms with Gasteiger partial charge >= 0.3 is 6.18 Å². The van der Waals surface area contributed by atoms with Crippen molar-refractivity contribution < 1.29 is 18.3 Å². The van der Waals surface area contributed by atoms with Gasteiger partial charge < -0.3 is 9.67 Å². The molecule has 26 heavy (non-hydrogen) atoms. The summed E-state index contributed by atoms with van der Waals surface area (Å²) < 4.78 is 40.5. The van der Waals surface area contributed by atoms with Gasteiger partial charge in [-0.05, 0) is 41.3 Å². The van der Waals surface area contributed by atoms with Crippen LogP contribution in [0.3, 0.4) is 0 Å². The third kappa shape index (κ3) is 3.29. The molecule has 0 saturated heterocycles. The summed E-state index contributed by atoms with van der Waals surface area (Å²) in [5.41, 5.74) is 1.44. The maximum absolute atomic E-state index is 13.0. The van der Waals surface area contributed by atoms with E-state index in [2.05, 4.69) is 6.58 Å². The number of benzene rings is 2. The molecule has 1 N–H and O–H groups in total. The Morgan fingerprint density at radius 2 is 1.85 bits per heavy atom. The number of hydrogen-bond donors (Lipinski definition) is 1. The normalized spacial score (nSPS) is 11.9. The minimum absolute atomic E-state index is 0.181. The van der Waals surface area contributed by atoms with Crippen molar-refractivity contribution in [3.8, 4) is 0 Å². The van der Waals surface area contributed by atoms with Gasteiger partial charge in [-0.1, -0.05) is 35.8 Å². The monoisotopic (exact) mass is 399 g/mol. The Labute approximate surface area is 158 Å². The van der Waals surface area contributed by atoms with E-state index in [0.717, 1.165) is 17.8 Å². The minimum atomic E-state index is -4.40. The van der Waals surface area contributed by atoms with Crippen LogP contribution in [0.15, 0.2) is 43.0 Å². The molecule has 0 fully saturated rings. The van der Waals surface area contributed by atoms with Gasteiger partial charge in [-0.3, -0.25) is 0 Å². The Balaban J connectivity index is 2.09. The first-order valence-electron chi connectivity index (χ1n) is 7.60. The predicted octanol–water partition coefficient (Wildman–Crippen LogP) is 6.62. The number of halogens is 5. The second-order valence-corrected chi connectivity index (χ2v) is 6.76. The molecule has 0 unspecified atom stereocenters. The van der Waals surface area contributed by atoms with Crippen LogP contribution in [-0.2, 0) is 19.6 Å². The highest BCUT2D eigenvalue weighted by molar-refractivity contribution is 6.37. The maximum Gasteiger partial charge on any atom is 0.416 e. The molecule has 2 nitrogen and oxygen atoms in total. The highest BCUT2D eigenvalue weighted by Gasteiger charge is 2.30. The molecule has 7 heteroatoms. The van der Waals surface area contributed by atoms with Crippen molar-refractivity contribution in [3.63, 3.8) is 0 Å². The largest absolute Gasteiger partial charge is 0.508 e. The van der Waals surface area contributed by atoms with Crippen LogP contribution in [0, 0.1) is 0 Å². The molecule has 0 aliphatic carbocycles. The van der Waals surface area contributed by atoms with Crippen LogP contribution in [0.25, 0.3) is 16.7 Å². The van der Waals surface area contributed by atoms with E-state index in [1.54, 1.807) is 29.8 Å². The van der Waals surface area contributed by atoms with Gasteiger partial charge in [-0.25, -0.2) is 0 Å². The second-order valence-electron chi connectivity index (χ2n) is 5.98. The van der Waals surface area contributed by atoms with Gasteiger partial charge in [-0.15, -0.1) is 0 Å². The third-order valence-electron chi connectivity index (χ3n) is 4.33. The highest BCUT2D eigenvalue weighted by atomic mass is 35.5. The molecule has 3 aromatic rings. The summed E-state index contributed by atoms with van der Waals surface area (Å²) in [6.45, 7) is 3.47. The highest BCUT2D eigenvalue weighted by Crippen LogP contribution is 2.35. The SMILES string of the molecule is C=C(O)c1ccc(Cl)c(Cc2cc3ccc(C(F)(F)F)cc3n2C)c1Cl. The zero-order valence-electron chi connectivity index (χ0n) is 13.7. The number of aromatic nitrogens is 1. The first-order valence-corrected chi connectivity index (χ1v) is 8.36. The molecule has 136 valence electrons. The van der Waals surface area contributed by atoms with Crippen molar-refractivity contribution in [1.82, 2.24) is 4.57 Å². The molecule has 0 radical (unpaired) electrons. The molecule has 1 aromatic heterocycles. The summed E-state index contributed by atoms with van der Waals surface area (Å²) in [6, 6.07) is 8.58. The molecule has 0 atom stereocenters. The van der Waals surface area contributed by atoms with E-state index in [9.17, 15) is 18.3 Å². The van der Waals surface area contributed by atoms with E-state index in [1.807, 2.05) is 0 Å². The van der Waals surface area contributed by atoms with E-state index < -0.39 is 11.7 Å². The molecule has 0 spiro atoms.